The average molecular weight is 320 g/mol. The van der Waals surface area contributed by atoms with Crippen LogP contribution in [0, 0.1) is 5.82 Å². The Morgan fingerprint density at radius 2 is 1.95 bits per heavy atom. The molecule has 0 aliphatic carbocycles. The van der Waals surface area contributed by atoms with Crippen molar-refractivity contribution in [1.29, 1.82) is 0 Å². The molecule has 0 fully saturated rings. The molecule has 1 N–H and O–H groups in total. The van der Waals surface area contributed by atoms with Crippen LogP contribution in [0.1, 0.15) is 22.2 Å². The summed E-state index contributed by atoms with van der Waals surface area (Å²) in [5.74, 6) is -0.695. The molecule has 0 bridgehead atoms. The van der Waals surface area contributed by atoms with Crippen molar-refractivity contribution in [3.63, 3.8) is 0 Å². The Bertz CT molecular complexity index is 626. The van der Waals surface area contributed by atoms with Gasteiger partial charge in [0.2, 0.25) is 5.91 Å². The van der Waals surface area contributed by atoms with Crippen LogP contribution in [0.2, 0.25) is 0 Å². The van der Waals surface area contributed by atoms with E-state index in [0.717, 1.165) is 5.56 Å². The van der Waals surface area contributed by atoms with E-state index >= 15 is 0 Å². The van der Waals surface area contributed by atoms with Crippen LogP contribution in [0.3, 0.4) is 0 Å². The number of benzene rings is 1. The lowest BCUT2D eigenvalue weighted by atomic mass is 10.2. The van der Waals surface area contributed by atoms with E-state index in [1.807, 2.05) is 12.3 Å². The van der Waals surface area contributed by atoms with Gasteiger partial charge in [0.15, 0.2) is 0 Å². The van der Waals surface area contributed by atoms with Crippen molar-refractivity contribution in [2.24, 2.45) is 0 Å². The second-order valence-corrected chi connectivity index (χ2v) is 5.65. The lowest BCUT2D eigenvalue weighted by molar-refractivity contribution is -0.121. The fourth-order valence-corrected chi connectivity index (χ4v) is 2.61. The minimum atomic E-state index is -0.311. The van der Waals surface area contributed by atoms with Crippen molar-refractivity contribution in [2.45, 2.75) is 13.5 Å². The molecule has 0 saturated carbocycles. The molecular weight excluding hydrogens is 303 g/mol. The van der Waals surface area contributed by atoms with Gasteiger partial charge in [-0.15, -0.1) is 11.3 Å². The molecule has 0 spiro atoms. The summed E-state index contributed by atoms with van der Waals surface area (Å²) >= 11 is 1.35. The molecular formula is C16H17FN2O2S. The van der Waals surface area contributed by atoms with E-state index in [9.17, 15) is 14.0 Å². The van der Waals surface area contributed by atoms with Gasteiger partial charge in [0.05, 0.1) is 11.4 Å². The quantitative estimate of drug-likeness (QED) is 0.889. The SMILES string of the molecule is CCN(CC(=O)NCc1ccc(F)cc1)C(=O)c1cccs1. The molecule has 2 aromatic rings. The van der Waals surface area contributed by atoms with Crippen LogP contribution in [0.25, 0.3) is 0 Å². The molecule has 2 rings (SSSR count). The summed E-state index contributed by atoms with van der Waals surface area (Å²) < 4.78 is 12.8. The topological polar surface area (TPSA) is 49.4 Å². The summed E-state index contributed by atoms with van der Waals surface area (Å²) in [6.07, 6.45) is 0. The highest BCUT2D eigenvalue weighted by atomic mass is 32.1. The highest BCUT2D eigenvalue weighted by Crippen LogP contribution is 2.11. The van der Waals surface area contributed by atoms with Crippen molar-refractivity contribution < 1.29 is 14.0 Å². The second-order valence-electron chi connectivity index (χ2n) is 4.70. The Morgan fingerprint density at radius 3 is 2.55 bits per heavy atom. The number of nitrogens with one attached hydrogen (secondary N) is 1. The van der Waals surface area contributed by atoms with Gasteiger partial charge in [0, 0.05) is 13.1 Å². The number of nitrogens with zero attached hydrogens (tertiary/aromatic N) is 1. The van der Waals surface area contributed by atoms with Crippen molar-refractivity contribution in [3.8, 4) is 0 Å². The lowest BCUT2D eigenvalue weighted by Crippen LogP contribution is -2.40. The van der Waals surface area contributed by atoms with Gasteiger partial charge in [-0.05, 0) is 36.1 Å². The van der Waals surface area contributed by atoms with E-state index in [-0.39, 0.29) is 24.2 Å². The third-order valence-electron chi connectivity index (χ3n) is 3.14. The van der Waals surface area contributed by atoms with E-state index in [1.54, 1.807) is 24.3 Å². The van der Waals surface area contributed by atoms with Crippen molar-refractivity contribution >= 4 is 23.2 Å². The molecule has 0 radical (unpaired) electrons. The molecule has 116 valence electrons. The number of thiophene rings is 1. The number of halogens is 1. The number of carbonyl (C=O) groups excluding carboxylic acids is 2. The Balaban J connectivity index is 1.87. The van der Waals surface area contributed by atoms with Gasteiger partial charge in [-0.2, -0.15) is 0 Å². The largest absolute Gasteiger partial charge is 0.350 e. The van der Waals surface area contributed by atoms with Crippen LogP contribution in [-0.4, -0.2) is 29.8 Å². The van der Waals surface area contributed by atoms with Gasteiger partial charge < -0.3 is 10.2 Å². The molecule has 1 aromatic carbocycles. The summed E-state index contributed by atoms with van der Waals surface area (Å²) in [6.45, 7) is 2.61. The zero-order valence-corrected chi connectivity index (χ0v) is 13.0. The first-order valence-corrected chi connectivity index (χ1v) is 7.82. The molecule has 4 nitrogen and oxygen atoms in total. The van der Waals surface area contributed by atoms with Gasteiger partial charge in [-0.3, -0.25) is 9.59 Å². The smallest absolute Gasteiger partial charge is 0.264 e. The lowest BCUT2D eigenvalue weighted by Gasteiger charge is -2.19. The highest BCUT2D eigenvalue weighted by Gasteiger charge is 2.17. The fraction of sp³-hybridized carbons (Fsp3) is 0.250. The van der Waals surface area contributed by atoms with Crippen LogP contribution in [0.5, 0.6) is 0 Å². The maximum atomic E-state index is 12.8. The number of hydrogen-bond acceptors (Lipinski definition) is 3. The minimum absolute atomic E-state index is 0.00836. The Labute approximate surface area is 132 Å². The van der Waals surface area contributed by atoms with E-state index in [0.29, 0.717) is 18.0 Å². The van der Waals surface area contributed by atoms with Crippen molar-refractivity contribution in [1.82, 2.24) is 10.2 Å². The molecule has 0 aliphatic rings. The number of likely N-dealkylation sites (N-methyl/N-ethyl adjacent to an activating group) is 1. The number of hydrogen-bond donors (Lipinski definition) is 1. The van der Waals surface area contributed by atoms with Crippen LogP contribution in [-0.2, 0) is 11.3 Å². The second kappa shape index (κ2) is 7.70. The molecule has 22 heavy (non-hydrogen) atoms. The fourth-order valence-electron chi connectivity index (χ4n) is 1.92. The number of rotatable bonds is 6. The normalized spacial score (nSPS) is 10.3. The van der Waals surface area contributed by atoms with Crippen molar-refractivity contribution in [2.75, 3.05) is 13.1 Å². The molecule has 0 aliphatic heterocycles. The standard InChI is InChI=1S/C16H17FN2O2S/c1-2-19(16(21)14-4-3-9-22-14)11-15(20)18-10-12-5-7-13(17)8-6-12/h3-9H,2,10-11H2,1H3,(H,18,20). The Kier molecular flexibility index (Phi) is 5.66. The summed E-state index contributed by atoms with van der Waals surface area (Å²) in [6, 6.07) is 9.47. The third-order valence-corrected chi connectivity index (χ3v) is 4.00. The summed E-state index contributed by atoms with van der Waals surface area (Å²) in [7, 11) is 0. The maximum absolute atomic E-state index is 12.8. The first-order valence-electron chi connectivity index (χ1n) is 6.94. The van der Waals surface area contributed by atoms with Gasteiger partial charge in [-0.1, -0.05) is 18.2 Å². The molecule has 6 heteroatoms. The maximum Gasteiger partial charge on any atom is 0.264 e. The van der Waals surface area contributed by atoms with E-state index < -0.39 is 0 Å². The molecule has 0 unspecified atom stereocenters. The van der Waals surface area contributed by atoms with E-state index in [4.69, 9.17) is 0 Å². The van der Waals surface area contributed by atoms with Crippen molar-refractivity contribution in [3.05, 3.63) is 58.0 Å². The monoisotopic (exact) mass is 320 g/mol. The molecule has 0 atom stereocenters. The zero-order chi connectivity index (χ0) is 15.9. The minimum Gasteiger partial charge on any atom is -0.350 e. The molecule has 0 saturated heterocycles. The molecule has 1 aromatic heterocycles. The summed E-state index contributed by atoms with van der Waals surface area (Å²) in [5, 5.41) is 4.56. The van der Waals surface area contributed by atoms with Crippen LogP contribution in [0.4, 0.5) is 4.39 Å². The predicted octanol–water partition coefficient (Wildman–Crippen LogP) is 2.67. The van der Waals surface area contributed by atoms with Crippen LogP contribution in [0.15, 0.2) is 41.8 Å². The Morgan fingerprint density at radius 1 is 1.23 bits per heavy atom. The number of carbonyl (C=O) groups is 2. The first-order chi connectivity index (χ1) is 10.6. The summed E-state index contributed by atoms with van der Waals surface area (Å²) in [4.78, 5) is 26.3. The van der Waals surface area contributed by atoms with Gasteiger partial charge in [-0.25, -0.2) is 4.39 Å². The van der Waals surface area contributed by atoms with Gasteiger partial charge in [0.1, 0.15) is 5.82 Å². The molecule has 1 heterocycles. The van der Waals surface area contributed by atoms with Crippen LogP contribution >= 0.6 is 11.3 Å². The highest BCUT2D eigenvalue weighted by molar-refractivity contribution is 7.12. The first kappa shape index (κ1) is 16.2. The number of amides is 2. The Hall–Kier alpha value is -2.21. The third kappa shape index (κ3) is 4.39. The van der Waals surface area contributed by atoms with E-state index in [1.165, 1.54) is 28.4 Å². The van der Waals surface area contributed by atoms with E-state index in [2.05, 4.69) is 5.32 Å². The molecule has 2 amide bonds. The van der Waals surface area contributed by atoms with Crippen LogP contribution < -0.4 is 5.32 Å². The van der Waals surface area contributed by atoms with Gasteiger partial charge >= 0.3 is 0 Å². The predicted molar refractivity (Wildman–Crippen MR) is 84.1 cm³/mol. The zero-order valence-electron chi connectivity index (χ0n) is 12.2. The van der Waals surface area contributed by atoms with Gasteiger partial charge in [0.25, 0.3) is 5.91 Å². The average Bonchev–Trinajstić information content (AvgIpc) is 3.06. The summed E-state index contributed by atoms with van der Waals surface area (Å²) in [5.41, 5.74) is 0.808.